The van der Waals surface area contributed by atoms with Crippen molar-refractivity contribution >= 4 is 33.7 Å². The van der Waals surface area contributed by atoms with Gasteiger partial charge in [0.25, 0.3) is 5.91 Å². The molecule has 1 aliphatic heterocycles. The normalized spacial score (nSPS) is 12.2. The molecule has 0 bridgehead atoms. The van der Waals surface area contributed by atoms with Gasteiger partial charge in [0.05, 0.1) is 16.3 Å². The summed E-state index contributed by atoms with van der Waals surface area (Å²) in [5.74, 6) is 1.88. The van der Waals surface area contributed by atoms with Gasteiger partial charge in [0.2, 0.25) is 6.79 Å². The Bertz CT molecular complexity index is 1260. The fourth-order valence-corrected chi connectivity index (χ4v) is 4.67. The molecule has 0 saturated carbocycles. The van der Waals surface area contributed by atoms with Crippen molar-refractivity contribution in [3.05, 3.63) is 57.4 Å². The number of hydrogen-bond acceptors (Lipinski definition) is 8. The van der Waals surface area contributed by atoms with Gasteiger partial charge in [-0.1, -0.05) is 0 Å². The van der Waals surface area contributed by atoms with Crippen LogP contribution in [0, 0.1) is 6.92 Å². The van der Waals surface area contributed by atoms with Crippen LogP contribution in [0.1, 0.15) is 20.9 Å². The van der Waals surface area contributed by atoms with Gasteiger partial charge in [-0.15, -0.1) is 22.7 Å². The number of hydrogen-bond donors (Lipinski definition) is 1. The van der Waals surface area contributed by atoms with Crippen molar-refractivity contribution in [2.75, 3.05) is 12.1 Å². The summed E-state index contributed by atoms with van der Waals surface area (Å²) in [5.41, 5.74) is 3.57. The molecule has 1 aliphatic rings. The Kier molecular flexibility index (Phi) is 5.08. The molecule has 10 heteroatoms. The van der Waals surface area contributed by atoms with Crippen LogP contribution in [0.3, 0.4) is 0 Å². The van der Waals surface area contributed by atoms with E-state index in [9.17, 15) is 4.79 Å². The fraction of sp³-hybridized carbons (Fsp3) is 0.190. The van der Waals surface area contributed by atoms with E-state index in [1.54, 1.807) is 10.7 Å². The van der Waals surface area contributed by atoms with E-state index in [0.717, 1.165) is 22.5 Å². The van der Waals surface area contributed by atoms with Gasteiger partial charge >= 0.3 is 0 Å². The maximum Gasteiger partial charge on any atom is 0.267 e. The molecule has 1 N–H and O–H groups in total. The van der Waals surface area contributed by atoms with Gasteiger partial charge in [-0.25, -0.2) is 4.98 Å². The second-order valence-electron chi connectivity index (χ2n) is 6.92. The van der Waals surface area contributed by atoms with Crippen molar-refractivity contribution < 1.29 is 19.0 Å². The van der Waals surface area contributed by atoms with Gasteiger partial charge in [-0.05, 0) is 30.5 Å². The lowest BCUT2D eigenvalue weighted by molar-refractivity contribution is 0.103. The molecule has 3 aromatic heterocycles. The van der Waals surface area contributed by atoms with E-state index in [0.29, 0.717) is 33.9 Å². The fourth-order valence-electron chi connectivity index (χ4n) is 3.17. The topological polar surface area (TPSA) is 87.5 Å². The number of carbonyl (C=O) groups excluding carboxylic acids is 1. The molecule has 0 spiro atoms. The predicted octanol–water partition coefficient (Wildman–Crippen LogP) is 4.47. The smallest absolute Gasteiger partial charge is 0.267 e. The van der Waals surface area contributed by atoms with E-state index in [1.807, 2.05) is 49.1 Å². The molecule has 31 heavy (non-hydrogen) atoms. The number of thiophene rings is 1. The van der Waals surface area contributed by atoms with E-state index in [4.69, 9.17) is 14.2 Å². The first kappa shape index (κ1) is 19.6. The lowest BCUT2D eigenvalue weighted by Crippen LogP contribution is -2.09. The van der Waals surface area contributed by atoms with Crippen molar-refractivity contribution in [1.82, 2.24) is 14.8 Å². The highest BCUT2D eigenvalue weighted by molar-refractivity contribution is 7.14. The Hall–Kier alpha value is -3.37. The standard InChI is InChI=1S/C21H18N4O4S2/c1-12-15(7-25(2)24-12)16-10-31-21(22-16)23-20(26)19-5-13(9-30-19)8-27-14-3-4-17-18(6-14)29-11-28-17/h3-7,9-10H,8,11H2,1-2H3,(H,22,23,26). The number of benzene rings is 1. The molecule has 158 valence electrons. The monoisotopic (exact) mass is 454 g/mol. The molecule has 4 aromatic rings. The van der Waals surface area contributed by atoms with Crippen LogP contribution in [0.25, 0.3) is 11.3 Å². The lowest BCUT2D eigenvalue weighted by Gasteiger charge is -2.05. The van der Waals surface area contributed by atoms with Gasteiger partial charge < -0.3 is 14.2 Å². The average molecular weight is 455 g/mol. The van der Waals surface area contributed by atoms with Crippen LogP contribution >= 0.6 is 22.7 Å². The summed E-state index contributed by atoms with van der Waals surface area (Å²) in [6, 6.07) is 7.27. The zero-order valence-corrected chi connectivity index (χ0v) is 18.4. The Morgan fingerprint density at radius 3 is 2.94 bits per heavy atom. The van der Waals surface area contributed by atoms with Gasteiger partial charge in [0, 0.05) is 35.8 Å². The summed E-state index contributed by atoms with van der Waals surface area (Å²) < 4.78 is 18.2. The van der Waals surface area contributed by atoms with Crippen LogP contribution in [-0.2, 0) is 13.7 Å². The number of aryl methyl sites for hydroxylation is 2. The van der Waals surface area contributed by atoms with Crippen molar-refractivity contribution in [1.29, 1.82) is 0 Å². The van der Waals surface area contributed by atoms with E-state index >= 15 is 0 Å². The van der Waals surface area contributed by atoms with E-state index in [1.165, 1.54) is 22.7 Å². The molecule has 0 radical (unpaired) electrons. The molecule has 0 fully saturated rings. The molecular formula is C21H18N4O4S2. The van der Waals surface area contributed by atoms with Crippen LogP contribution in [0.4, 0.5) is 5.13 Å². The molecule has 1 amide bonds. The highest BCUT2D eigenvalue weighted by atomic mass is 32.1. The minimum absolute atomic E-state index is 0.192. The summed E-state index contributed by atoms with van der Waals surface area (Å²) in [6.07, 6.45) is 1.92. The van der Waals surface area contributed by atoms with E-state index in [2.05, 4.69) is 15.4 Å². The first-order valence-electron chi connectivity index (χ1n) is 9.42. The number of ether oxygens (including phenoxy) is 3. The number of amides is 1. The van der Waals surface area contributed by atoms with Crippen molar-refractivity contribution in [3.63, 3.8) is 0 Å². The van der Waals surface area contributed by atoms with Crippen LogP contribution in [-0.4, -0.2) is 27.5 Å². The number of aromatic nitrogens is 3. The third-order valence-corrected chi connectivity index (χ3v) is 6.38. The van der Waals surface area contributed by atoms with Gasteiger partial charge in [-0.3, -0.25) is 14.8 Å². The third kappa shape index (κ3) is 4.12. The Morgan fingerprint density at radius 2 is 2.10 bits per heavy atom. The Morgan fingerprint density at radius 1 is 1.23 bits per heavy atom. The number of nitrogens with one attached hydrogen (secondary N) is 1. The maximum absolute atomic E-state index is 12.6. The van der Waals surface area contributed by atoms with Crippen LogP contribution in [0.15, 0.2) is 41.2 Å². The molecule has 5 rings (SSSR count). The number of thiazole rings is 1. The summed E-state index contributed by atoms with van der Waals surface area (Å²) in [7, 11) is 1.87. The SMILES string of the molecule is Cc1nn(C)cc1-c1csc(NC(=O)c2cc(COc3ccc4c(c3)OCO4)cs2)n1. The van der Waals surface area contributed by atoms with E-state index in [-0.39, 0.29) is 12.7 Å². The number of fused-ring (bicyclic) bond motifs is 1. The van der Waals surface area contributed by atoms with Crippen LogP contribution in [0.2, 0.25) is 0 Å². The lowest BCUT2D eigenvalue weighted by atomic mass is 10.2. The first-order chi connectivity index (χ1) is 15.0. The van der Waals surface area contributed by atoms with Gasteiger partial charge in [0.15, 0.2) is 16.6 Å². The second kappa shape index (κ2) is 8.05. The molecule has 0 saturated heterocycles. The molecule has 4 heterocycles. The summed E-state index contributed by atoms with van der Waals surface area (Å²) in [5, 5.41) is 11.6. The van der Waals surface area contributed by atoms with Crippen molar-refractivity contribution in [2.45, 2.75) is 13.5 Å². The van der Waals surface area contributed by atoms with Crippen LogP contribution in [0.5, 0.6) is 17.2 Å². The highest BCUT2D eigenvalue weighted by Gasteiger charge is 2.16. The highest BCUT2D eigenvalue weighted by Crippen LogP contribution is 2.35. The van der Waals surface area contributed by atoms with Crippen LogP contribution < -0.4 is 19.5 Å². The predicted molar refractivity (Wildman–Crippen MR) is 118 cm³/mol. The number of nitrogens with zero attached hydrogens (tertiary/aromatic N) is 3. The van der Waals surface area contributed by atoms with E-state index < -0.39 is 0 Å². The first-order valence-corrected chi connectivity index (χ1v) is 11.2. The molecule has 0 unspecified atom stereocenters. The quantitative estimate of drug-likeness (QED) is 0.462. The zero-order valence-electron chi connectivity index (χ0n) is 16.7. The largest absolute Gasteiger partial charge is 0.489 e. The molecule has 0 atom stereocenters. The molecule has 8 nitrogen and oxygen atoms in total. The maximum atomic E-state index is 12.6. The second-order valence-corrected chi connectivity index (χ2v) is 8.69. The number of anilines is 1. The zero-order chi connectivity index (χ0) is 21.4. The minimum atomic E-state index is -0.192. The third-order valence-electron chi connectivity index (χ3n) is 4.64. The van der Waals surface area contributed by atoms with Gasteiger partial charge in [-0.2, -0.15) is 5.10 Å². The summed E-state index contributed by atoms with van der Waals surface area (Å²) >= 11 is 2.76. The van der Waals surface area contributed by atoms with Crippen molar-refractivity contribution in [2.24, 2.45) is 7.05 Å². The summed E-state index contributed by atoms with van der Waals surface area (Å²) in [4.78, 5) is 17.7. The van der Waals surface area contributed by atoms with Gasteiger partial charge in [0.1, 0.15) is 12.4 Å². The minimum Gasteiger partial charge on any atom is -0.489 e. The summed E-state index contributed by atoms with van der Waals surface area (Å²) in [6.45, 7) is 2.51. The average Bonchev–Trinajstić information content (AvgIpc) is 3.53. The Balaban J connectivity index is 1.21. The Labute approximate surface area is 186 Å². The van der Waals surface area contributed by atoms with Crippen molar-refractivity contribution in [3.8, 4) is 28.5 Å². The molecular weight excluding hydrogens is 436 g/mol. The molecule has 0 aliphatic carbocycles. The molecule has 1 aromatic carbocycles. The number of rotatable bonds is 6. The number of carbonyl (C=O) groups is 1.